The molecule has 0 saturated heterocycles. The van der Waals surface area contributed by atoms with E-state index in [0.717, 1.165) is 39.0 Å². The van der Waals surface area contributed by atoms with Gasteiger partial charge in [0.2, 0.25) is 0 Å². The molecule has 2 nitrogen and oxygen atoms in total. The lowest BCUT2D eigenvalue weighted by atomic mass is 9.89. The smallest absolute Gasteiger partial charge is 0.137 e. The minimum Gasteiger partial charge on any atom is -0.456 e. The lowest BCUT2D eigenvalue weighted by Gasteiger charge is -2.30. The Balaban J connectivity index is 1.32. The van der Waals surface area contributed by atoms with Crippen molar-refractivity contribution in [2.24, 2.45) is 0 Å². The van der Waals surface area contributed by atoms with E-state index in [1.54, 1.807) is 0 Å². The Labute approximate surface area is 300 Å². The average molecular weight is 670 g/mol. The van der Waals surface area contributed by atoms with Crippen LogP contribution in [0.5, 0.6) is 0 Å². The number of benzene rings is 8. The van der Waals surface area contributed by atoms with Gasteiger partial charge in [0.1, 0.15) is 11.2 Å². The van der Waals surface area contributed by atoms with Gasteiger partial charge in [-0.15, -0.1) is 11.3 Å². The third-order valence-electron chi connectivity index (χ3n) is 9.89. The fourth-order valence-electron chi connectivity index (χ4n) is 7.63. The summed E-state index contributed by atoms with van der Waals surface area (Å²) in [6, 6.07) is 67.4. The van der Waals surface area contributed by atoms with Crippen molar-refractivity contribution in [1.29, 1.82) is 0 Å². The first-order chi connectivity index (χ1) is 25.3. The molecule has 51 heavy (non-hydrogen) atoms. The van der Waals surface area contributed by atoms with Crippen molar-refractivity contribution in [3.05, 3.63) is 188 Å². The molecule has 10 rings (SSSR count). The van der Waals surface area contributed by atoms with Gasteiger partial charge in [0.05, 0.1) is 16.8 Å². The van der Waals surface area contributed by atoms with Crippen LogP contribution in [0, 0.1) is 0 Å². The van der Waals surface area contributed by atoms with Crippen molar-refractivity contribution in [3.63, 3.8) is 0 Å². The second kappa shape index (κ2) is 12.2. The van der Waals surface area contributed by atoms with Crippen LogP contribution in [0.4, 0.5) is 17.1 Å². The molecule has 10 aromatic rings. The van der Waals surface area contributed by atoms with Crippen LogP contribution in [0.1, 0.15) is 0 Å². The Morgan fingerprint density at radius 1 is 0.373 bits per heavy atom. The molecule has 240 valence electrons. The van der Waals surface area contributed by atoms with Gasteiger partial charge in [0, 0.05) is 36.8 Å². The summed E-state index contributed by atoms with van der Waals surface area (Å²) < 4.78 is 9.04. The monoisotopic (exact) mass is 669 g/mol. The Bertz CT molecular complexity index is 2850. The molecular weight excluding hydrogens is 639 g/mol. The van der Waals surface area contributed by atoms with Gasteiger partial charge in [0.15, 0.2) is 0 Å². The molecule has 8 aromatic carbocycles. The molecule has 0 atom stereocenters. The van der Waals surface area contributed by atoms with E-state index in [1.807, 2.05) is 17.4 Å². The molecule has 0 saturated carbocycles. The number of furan rings is 1. The zero-order valence-corrected chi connectivity index (χ0v) is 28.5. The molecule has 3 heteroatoms. The zero-order valence-electron chi connectivity index (χ0n) is 27.7. The van der Waals surface area contributed by atoms with Crippen molar-refractivity contribution in [2.75, 3.05) is 4.90 Å². The summed E-state index contributed by atoms with van der Waals surface area (Å²) in [5.74, 6) is 0. The molecule has 0 radical (unpaired) electrons. The SMILES string of the molecule is c1ccc(-c2ccc(N(c3cccc(-c4ccccc4)c3-c3cccc4sc5ccccc5c34)c3cccc4oc5ccccc5c34)cc2)cc1. The van der Waals surface area contributed by atoms with Crippen LogP contribution >= 0.6 is 11.3 Å². The summed E-state index contributed by atoms with van der Waals surface area (Å²) in [5.41, 5.74) is 12.1. The lowest BCUT2D eigenvalue weighted by Crippen LogP contribution is -2.12. The van der Waals surface area contributed by atoms with Crippen LogP contribution in [-0.2, 0) is 0 Å². The van der Waals surface area contributed by atoms with Crippen LogP contribution in [-0.4, -0.2) is 0 Å². The molecule has 0 N–H and O–H groups in total. The molecular formula is C48H31NOS. The van der Waals surface area contributed by atoms with Crippen LogP contribution < -0.4 is 4.90 Å². The highest BCUT2D eigenvalue weighted by Crippen LogP contribution is 2.51. The van der Waals surface area contributed by atoms with Gasteiger partial charge in [-0.1, -0.05) is 140 Å². The maximum Gasteiger partial charge on any atom is 0.137 e. The first-order valence-corrected chi connectivity index (χ1v) is 18.1. The van der Waals surface area contributed by atoms with Gasteiger partial charge in [-0.05, 0) is 76.3 Å². The van der Waals surface area contributed by atoms with E-state index < -0.39 is 0 Å². The van der Waals surface area contributed by atoms with Crippen molar-refractivity contribution < 1.29 is 4.42 Å². The molecule has 0 fully saturated rings. The summed E-state index contributed by atoms with van der Waals surface area (Å²) in [6.07, 6.45) is 0. The van der Waals surface area contributed by atoms with Gasteiger partial charge >= 0.3 is 0 Å². The van der Waals surface area contributed by atoms with Gasteiger partial charge in [-0.2, -0.15) is 0 Å². The zero-order chi connectivity index (χ0) is 33.7. The predicted octanol–water partition coefficient (Wildman–Crippen LogP) is 14.4. The quantitative estimate of drug-likeness (QED) is 0.175. The highest BCUT2D eigenvalue weighted by Gasteiger charge is 2.25. The number of fused-ring (bicyclic) bond motifs is 6. The third-order valence-corrected chi connectivity index (χ3v) is 11.0. The summed E-state index contributed by atoms with van der Waals surface area (Å²) in [7, 11) is 0. The summed E-state index contributed by atoms with van der Waals surface area (Å²) >= 11 is 1.86. The third kappa shape index (κ3) is 4.93. The molecule has 2 aromatic heterocycles. The van der Waals surface area contributed by atoms with E-state index in [2.05, 4.69) is 187 Å². The van der Waals surface area contributed by atoms with Crippen LogP contribution in [0.3, 0.4) is 0 Å². The molecule has 0 unspecified atom stereocenters. The molecule has 0 aliphatic rings. The van der Waals surface area contributed by atoms with E-state index in [1.165, 1.54) is 53.6 Å². The standard InChI is InChI=1S/C48H31NOS/c1-3-14-32(15-4-1)33-28-30-35(31-29-33)49(41-23-13-25-43-48(41)37-18-7-9-24-42(37)50-43)40-22-11-20-36(34-16-5-2-6-17-34)46(40)39-21-12-27-45-47(39)38-19-8-10-26-44(38)51-45/h1-31H. The first kappa shape index (κ1) is 29.5. The number of thiophene rings is 1. The summed E-state index contributed by atoms with van der Waals surface area (Å²) in [5, 5.41) is 4.76. The van der Waals surface area contributed by atoms with Crippen molar-refractivity contribution in [2.45, 2.75) is 0 Å². The van der Waals surface area contributed by atoms with Crippen LogP contribution in [0.25, 0.3) is 75.5 Å². The number of rotatable bonds is 6. The minimum atomic E-state index is 0.867. The average Bonchev–Trinajstić information content (AvgIpc) is 3.78. The molecule has 0 amide bonds. The van der Waals surface area contributed by atoms with E-state index in [0.29, 0.717) is 0 Å². The molecule has 0 aliphatic heterocycles. The number of hydrogen-bond acceptors (Lipinski definition) is 3. The van der Waals surface area contributed by atoms with Crippen LogP contribution in [0.15, 0.2) is 192 Å². The largest absolute Gasteiger partial charge is 0.456 e. The lowest BCUT2D eigenvalue weighted by molar-refractivity contribution is 0.669. The Hall–Kier alpha value is -6.42. The van der Waals surface area contributed by atoms with E-state index in [4.69, 9.17) is 4.42 Å². The minimum absolute atomic E-state index is 0.867. The Kier molecular flexibility index (Phi) is 7.04. The fourth-order valence-corrected chi connectivity index (χ4v) is 8.77. The topological polar surface area (TPSA) is 16.4 Å². The number of anilines is 3. The van der Waals surface area contributed by atoms with E-state index in [-0.39, 0.29) is 0 Å². The summed E-state index contributed by atoms with van der Waals surface area (Å²) in [4.78, 5) is 2.44. The Morgan fingerprint density at radius 3 is 1.78 bits per heavy atom. The van der Waals surface area contributed by atoms with Crippen molar-refractivity contribution >= 4 is 70.5 Å². The number of nitrogens with zero attached hydrogens (tertiary/aromatic N) is 1. The second-order valence-corrected chi connectivity index (χ2v) is 13.9. The van der Waals surface area contributed by atoms with Crippen molar-refractivity contribution in [1.82, 2.24) is 0 Å². The van der Waals surface area contributed by atoms with E-state index in [9.17, 15) is 0 Å². The predicted molar refractivity (Wildman–Crippen MR) is 218 cm³/mol. The first-order valence-electron chi connectivity index (χ1n) is 17.3. The highest BCUT2D eigenvalue weighted by atomic mass is 32.1. The molecule has 0 bridgehead atoms. The molecule has 2 heterocycles. The second-order valence-electron chi connectivity index (χ2n) is 12.8. The maximum absolute atomic E-state index is 6.47. The van der Waals surface area contributed by atoms with E-state index >= 15 is 0 Å². The normalized spacial score (nSPS) is 11.5. The van der Waals surface area contributed by atoms with Crippen LogP contribution in [0.2, 0.25) is 0 Å². The Morgan fingerprint density at radius 2 is 0.961 bits per heavy atom. The maximum atomic E-state index is 6.47. The fraction of sp³-hybridized carbons (Fsp3) is 0. The highest BCUT2D eigenvalue weighted by molar-refractivity contribution is 7.25. The van der Waals surface area contributed by atoms with Crippen molar-refractivity contribution in [3.8, 4) is 33.4 Å². The molecule has 0 aliphatic carbocycles. The van der Waals surface area contributed by atoms with Gasteiger partial charge < -0.3 is 9.32 Å². The van der Waals surface area contributed by atoms with Gasteiger partial charge in [0.25, 0.3) is 0 Å². The van der Waals surface area contributed by atoms with Gasteiger partial charge in [-0.3, -0.25) is 0 Å². The number of hydrogen-bond donors (Lipinski definition) is 0. The van der Waals surface area contributed by atoms with Gasteiger partial charge in [-0.25, -0.2) is 0 Å². The number of para-hydroxylation sites is 1. The molecule has 0 spiro atoms. The summed E-state index contributed by atoms with van der Waals surface area (Å²) in [6.45, 7) is 0.